The van der Waals surface area contributed by atoms with E-state index in [2.05, 4.69) is 136 Å². The van der Waals surface area contributed by atoms with E-state index < -0.39 is 0 Å². The van der Waals surface area contributed by atoms with Crippen LogP contribution in [0.3, 0.4) is 0 Å². The molecule has 0 bridgehead atoms. The van der Waals surface area contributed by atoms with Gasteiger partial charge in [-0.15, -0.1) is 0 Å². The van der Waals surface area contributed by atoms with Crippen LogP contribution in [-0.4, -0.2) is 195 Å². The minimum Gasteiger partial charge on any atom is -0.349 e. The SMILES string of the molecule is CCCC(C)C(=O)N(C)CCC.CCCC(C)C(=O)N(CCC)CCC.CCCC(CC)C(=O)N(C)C.CCCC(CCC)C(=O)N(C)C.CCCC(CCC)C(=O)N(C)CCC.CCCC(CCC)C(=O)N(CCC)CCC.CCCN(C)C(=O)C(C)C.CCCN(CCC)C(=O)C(C)C. The zero-order valence-electron chi connectivity index (χ0n) is 73.6. The van der Waals surface area contributed by atoms with E-state index in [1.54, 1.807) is 14.7 Å². The lowest BCUT2D eigenvalue weighted by Gasteiger charge is -2.26. The summed E-state index contributed by atoms with van der Waals surface area (Å²) in [6, 6.07) is 0. The molecule has 0 spiro atoms. The maximum Gasteiger partial charge on any atom is 0.225 e. The molecule has 101 heavy (non-hydrogen) atoms. The topological polar surface area (TPSA) is 162 Å². The first kappa shape index (κ1) is 113. The minimum absolute atomic E-state index is 0.136. The van der Waals surface area contributed by atoms with Crippen molar-refractivity contribution in [1.29, 1.82) is 0 Å². The number of amides is 8. The molecule has 606 valence electrons. The van der Waals surface area contributed by atoms with Gasteiger partial charge in [-0.25, -0.2) is 0 Å². The smallest absolute Gasteiger partial charge is 0.225 e. The van der Waals surface area contributed by atoms with Crippen molar-refractivity contribution in [3.63, 3.8) is 0 Å². The Bertz CT molecular complexity index is 1780. The fourth-order valence-electron chi connectivity index (χ4n) is 12.0. The number of carbonyl (C=O) groups excluding carboxylic acids is 8. The average Bonchev–Trinajstić information content (AvgIpc) is 0.961. The molecule has 0 aromatic heterocycles. The second-order valence-corrected chi connectivity index (χ2v) is 29.1. The maximum absolute atomic E-state index is 12.3. The van der Waals surface area contributed by atoms with E-state index in [1.165, 1.54) is 0 Å². The first-order chi connectivity index (χ1) is 47.6. The molecule has 0 saturated carbocycles. The van der Waals surface area contributed by atoms with Crippen molar-refractivity contribution >= 4 is 47.3 Å². The van der Waals surface area contributed by atoms with Crippen LogP contribution in [0.25, 0.3) is 0 Å². The zero-order chi connectivity index (χ0) is 80.0. The Labute approximate surface area is 630 Å². The molecule has 0 aliphatic rings. The summed E-state index contributed by atoms with van der Waals surface area (Å²) in [5, 5.41) is 0. The van der Waals surface area contributed by atoms with E-state index in [1.807, 2.05) is 110 Å². The van der Waals surface area contributed by atoms with Crippen LogP contribution < -0.4 is 0 Å². The summed E-state index contributed by atoms with van der Waals surface area (Å²) in [4.78, 5) is 108. The van der Waals surface area contributed by atoms with Crippen LogP contribution in [0.2, 0.25) is 0 Å². The highest BCUT2D eigenvalue weighted by Crippen LogP contribution is 2.20. The molecule has 0 aromatic rings. The Balaban J connectivity index is -0.000000164. The fourth-order valence-corrected chi connectivity index (χ4v) is 12.0. The second-order valence-electron chi connectivity index (χ2n) is 29.1. The Hall–Kier alpha value is -4.24. The van der Waals surface area contributed by atoms with Crippen molar-refractivity contribution in [3.8, 4) is 0 Å². The lowest BCUT2D eigenvalue weighted by molar-refractivity contribution is -0.136. The first-order valence-corrected chi connectivity index (χ1v) is 41.7. The highest BCUT2D eigenvalue weighted by Gasteiger charge is 2.24. The molecule has 0 aliphatic carbocycles. The van der Waals surface area contributed by atoms with E-state index >= 15 is 0 Å². The van der Waals surface area contributed by atoms with E-state index in [0.29, 0.717) is 35.4 Å². The highest BCUT2D eigenvalue weighted by molar-refractivity contribution is 5.81. The van der Waals surface area contributed by atoms with Crippen LogP contribution in [0.5, 0.6) is 0 Å². The molecule has 0 heterocycles. The van der Waals surface area contributed by atoms with Gasteiger partial charge in [0.15, 0.2) is 0 Å². The molecule has 0 aromatic carbocycles. The van der Waals surface area contributed by atoms with E-state index in [4.69, 9.17) is 0 Å². The van der Waals surface area contributed by atoms with Crippen LogP contribution in [0.15, 0.2) is 0 Å². The standard InChI is InChI=1S/C14H29NO.2C12H25NO.3C10H21NO.C9H19NO.C8H17NO/c1-5-9-13(10-6-2)14(16)15(11-7-3)12-8-4;1-5-8-11(9-6-2)12(14)13(4)10-7-3;1-5-8-11(4)12(14)13(9-6-2)10-7-3;1-5-7-9(8-6-2)10(12)11(3)4;1-5-7-9(3)10(12)11(4)8-6-2;1-5-7-11(8-6-2)10(12)9(3)4;1-5-7-8(6-2)9(11)10(3)4;1-5-6-9(4)8(10)7(2)3/h13H,5-12H2,1-4H3;2*11H,5-10H2,1-4H3;3*9H,5-8H2,1-4H3;8H,5-7H2,1-4H3;7H,5-6H2,1-4H3. The van der Waals surface area contributed by atoms with Crippen molar-refractivity contribution in [2.75, 3.05) is 108 Å². The van der Waals surface area contributed by atoms with Gasteiger partial charge in [0.05, 0.1) is 0 Å². The quantitative estimate of drug-likeness (QED) is 0.0582. The van der Waals surface area contributed by atoms with Gasteiger partial charge in [0.2, 0.25) is 47.3 Å². The molecule has 0 fully saturated rings. The van der Waals surface area contributed by atoms with Crippen molar-refractivity contribution < 1.29 is 38.4 Å². The second kappa shape index (κ2) is 78.4. The Morgan fingerprint density at radius 1 is 0.208 bits per heavy atom. The average molecular weight is 1440 g/mol. The van der Waals surface area contributed by atoms with Crippen LogP contribution in [0.4, 0.5) is 0 Å². The minimum atomic E-state index is 0.136. The summed E-state index contributed by atoms with van der Waals surface area (Å²) >= 11 is 0. The predicted octanol–water partition coefficient (Wildman–Crippen LogP) is 20.3. The summed E-state index contributed by atoms with van der Waals surface area (Å²) in [6.45, 7) is 60.3. The number of carbonyl (C=O) groups is 8. The molecule has 0 radical (unpaired) electrons. The molecule has 3 atom stereocenters. The third-order valence-corrected chi connectivity index (χ3v) is 17.2. The highest BCUT2D eigenvalue weighted by atomic mass is 16.2. The Morgan fingerprint density at radius 2 is 0.416 bits per heavy atom. The molecule has 0 saturated heterocycles. The van der Waals surface area contributed by atoms with E-state index in [0.717, 1.165) is 239 Å². The van der Waals surface area contributed by atoms with Gasteiger partial charge in [-0.3, -0.25) is 38.4 Å². The van der Waals surface area contributed by atoms with Crippen molar-refractivity contribution in [2.24, 2.45) is 47.3 Å². The van der Waals surface area contributed by atoms with Gasteiger partial charge in [0.25, 0.3) is 0 Å². The molecule has 16 nitrogen and oxygen atoms in total. The number of hydrogen-bond donors (Lipinski definition) is 0. The molecule has 0 rings (SSSR count). The zero-order valence-corrected chi connectivity index (χ0v) is 73.6. The number of rotatable bonds is 45. The van der Waals surface area contributed by atoms with Crippen LogP contribution >= 0.6 is 0 Å². The summed E-state index contributed by atoms with van der Waals surface area (Å²) in [6.07, 6.45) is 29.7. The summed E-state index contributed by atoms with van der Waals surface area (Å²) in [5.74, 6) is 4.19. The van der Waals surface area contributed by atoms with E-state index in [-0.39, 0.29) is 59.2 Å². The largest absolute Gasteiger partial charge is 0.349 e. The summed E-state index contributed by atoms with van der Waals surface area (Å²) in [5.41, 5.74) is 0. The fraction of sp³-hybridized carbons (Fsp3) is 0.906. The molecule has 0 aliphatic heterocycles. The van der Waals surface area contributed by atoms with Gasteiger partial charge in [-0.1, -0.05) is 231 Å². The van der Waals surface area contributed by atoms with E-state index in [9.17, 15) is 38.4 Å². The normalized spacial score (nSPS) is 11.3. The lowest BCUT2D eigenvalue weighted by Crippen LogP contribution is -2.37. The molecular formula is C85H178N8O8. The van der Waals surface area contributed by atoms with Gasteiger partial charge in [-0.2, -0.15) is 0 Å². The molecular weight excluding hydrogens is 1260 g/mol. The molecule has 0 N–H and O–H groups in total. The van der Waals surface area contributed by atoms with Gasteiger partial charge in [0, 0.05) is 156 Å². The Kier molecular flexibility index (Phi) is 87.4. The van der Waals surface area contributed by atoms with Crippen molar-refractivity contribution in [3.05, 3.63) is 0 Å². The molecule has 16 heteroatoms. The Morgan fingerprint density at radius 3 is 0.663 bits per heavy atom. The van der Waals surface area contributed by atoms with Crippen molar-refractivity contribution in [1.82, 2.24) is 39.2 Å². The first-order valence-electron chi connectivity index (χ1n) is 41.7. The molecule has 8 amide bonds. The third-order valence-electron chi connectivity index (χ3n) is 17.2. The monoisotopic (exact) mass is 1440 g/mol. The van der Waals surface area contributed by atoms with Gasteiger partial charge >= 0.3 is 0 Å². The van der Waals surface area contributed by atoms with Gasteiger partial charge in [0.1, 0.15) is 0 Å². The third kappa shape index (κ3) is 62.8. The van der Waals surface area contributed by atoms with Crippen molar-refractivity contribution in [2.45, 2.75) is 353 Å². The lowest BCUT2D eigenvalue weighted by atomic mass is 9.96. The number of hydrogen-bond acceptors (Lipinski definition) is 8. The predicted molar refractivity (Wildman–Crippen MR) is 439 cm³/mol. The van der Waals surface area contributed by atoms with Crippen LogP contribution in [0.1, 0.15) is 353 Å². The number of nitrogens with zero attached hydrogens (tertiary/aromatic N) is 8. The summed E-state index contributed by atoms with van der Waals surface area (Å²) in [7, 11) is 13.0. The molecule has 3 unspecified atom stereocenters. The van der Waals surface area contributed by atoms with Gasteiger partial charge in [-0.05, 0) is 122 Å². The maximum atomic E-state index is 12.3. The summed E-state index contributed by atoms with van der Waals surface area (Å²) < 4.78 is 0. The van der Waals surface area contributed by atoms with Crippen LogP contribution in [0, 0.1) is 47.3 Å². The van der Waals surface area contributed by atoms with Gasteiger partial charge < -0.3 is 39.2 Å². The van der Waals surface area contributed by atoms with Crippen LogP contribution in [-0.2, 0) is 38.4 Å².